The van der Waals surface area contributed by atoms with Gasteiger partial charge >= 0.3 is 0 Å². The maximum atomic E-state index is 13.8. The van der Waals surface area contributed by atoms with Crippen LogP contribution in [0.25, 0.3) is 20.9 Å². The molecule has 0 N–H and O–H groups in total. The number of ether oxygens (including phenoxy) is 2. The van der Waals surface area contributed by atoms with Gasteiger partial charge in [0, 0.05) is 9.75 Å². The Morgan fingerprint density at radius 2 is 1.30 bits per heavy atom. The lowest BCUT2D eigenvalue weighted by molar-refractivity contribution is 0.360. The minimum Gasteiger partial charge on any atom is -0.497 e. The number of thiophene rings is 1. The standard InChI is InChI=1S/C18H14F2O2S/c1-21-13-5-3-11(4-6-13)16-7-8-17(23-16)12-9-14(19)18(22-2)15(20)10-12/h3-10H,1-2H3. The Morgan fingerprint density at radius 3 is 1.83 bits per heavy atom. The van der Waals surface area contributed by atoms with Gasteiger partial charge in [-0.15, -0.1) is 11.3 Å². The van der Waals surface area contributed by atoms with Crippen LogP contribution >= 0.6 is 11.3 Å². The van der Waals surface area contributed by atoms with Crippen LogP contribution in [-0.4, -0.2) is 14.2 Å². The first-order valence-electron chi connectivity index (χ1n) is 6.90. The molecule has 0 amide bonds. The Morgan fingerprint density at radius 1 is 0.739 bits per heavy atom. The molecule has 118 valence electrons. The van der Waals surface area contributed by atoms with Crippen molar-refractivity contribution < 1.29 is 18.3 Å². The van der Waals surface area contributed by atoms with E-state index in [1.807, 2.05) is 36.4 Å². The maximum absolute atomic E-state index is 13.8. The van der Waals surface area contributed by atoms with E-state index in [0.29, 0.717) is 5.56 Å². The fourth-order valence-corrected chi connectivity index (χ4v) is 3.30. The van der Waals surface area contributed by atoms with Crippen molar-refractivity contribution in [3.8, 4) is 32.4 Å². The van der Waals surface area contributed by atoms with Gasteiger partial charge in [0.1, 0.15) is 5.75 Å². The van der Waals surface area contributed by atoms with Crippen LogP contribution in [0, 0.1) is 11.6 Å². The van der Waals surface area contributed by atoms with Crippen molar-refractivity contribution in [2.45, 2.75) is 0 Å². The molecule has 5 heteroatoms. The normalized spacial score (nSPS) is 10.6. The highest BCUT2D eigenvalue weighted by Crippen LogP contribution is 2.37. The molecule has 0 unspecified atom stereocenters. The minimum atomic E-state index is -0.707. The van der Waals surface area contributed by atoms with Crippen molar-refractivity contribution in [1.29, 1.82) is 0 Å². The van der Waals surface area contributed by atoms with E-state index in [1.165, 1.54) is 30.6 Å². The van der Waals surface area contributed by atoms with Crippen LogP contribution in [0.5, 0.6) is 11.5 Å². The van der Waals surface area contributed by atoms with Crippen LogP contribution in [0.15, 0.2) is 48.5 Å². The van der Waals surface area contributed by atoms with E-state index in [4.69, 9.17) is 9.47 Å². The third-order valence-electron chi connectivity index (χ3n) is 3.47. The van der Waals surface area contributed by atoms with Gasteiger partial charge in [0.05, 0.1) is 14.2 Å². The van der Waals surface area contributed by atoms with Crippen LogP contribution in [0.3, 0.4) is 0 Å². The second kappa shape index (κ2) is 6.38. The molecule has 0 aliphatic rings. The van der Waals surface area contributed by atoms with Crippen molar-refractivity contribution in [2.75, 3.05) is 14.2 Å². The molecule has 2 aromatic carbocycles. The van der Waals surface area contributed by atoms with E-state index >= 15 is 0 Å². The quantitative estimate of drug-likeness (QED) is 0.639. The molecule has 1 heterocycles. The van der Waals surface area contributed by atoms with Crippen molar-refractivity contribution in [1.82, 2.24) is 0 Å². The van der Waals surface area contributed by atoms with Crippen LogP contribution in [0.4, 0.5) is 8.78 Å². The number of hydrogen-bond donors (Lipinski definition) is 0. The Kier molecular flexibility index (Phi) is 4.30. The van der Waals surface area contributed by atoms with E-state index in [1.54, 1.807) is 7.11 Å². The fraction of sp³-hybridized carbons (Fsp3) is 0.111. The summed E-state index contributed by atoms with van der Waals surface area (Å²) in [4.78, 5) is 1.80. The van der Waals surface area contributed by atoms with Crippen molar-refractivity contribution in [3.05, 3.63) is 60.2 Å². The highest BCUT2D eigenvalue weighted by Gasteiger charge is 2.14. The van der Waals surface area contributed by atoms with Gasteiger partial charge in [0.2, 0.25) is 0 Å². The molecule has 2 nitrogen and oxygen atoms in total. The SMILES string of the molecule is COc1ccc(-c2ccc(-c3cc(F)c(OC)c(F)c3)s2)cc1. The largest absolute Gasteiger partial charge is 0.497 e. The van der Waals surface area contributed by atoms with Crippen LogP contribution < -0.4 is 9.47 Å². The van der Waals surface area contributed by atoms with E-state index < -0.39 is 11.6 Å². The summed E-state index contributed by atoms with van der Waals surface area (Å²) >= 11 is 1.47. The van der Waals surface area contributed by atoms with Gasteiger partial charge in [-0.3, -0.25) is 0 Å². The number of hydrogen-bond acceptors (Lipinski definition) is 3. The second-order valence-corrected chi connectivity index (χ2v) is 5.95. The summed E-state index contributed by atoms with van der Waals surface area (Å²) in [5.74, 6) is -0.991. The van der Waals surface area contributed by atoms with Crippen molar-refractivity contribution >= 4 is 11.3 Å². The Labute approximate surface area is 136 Å². The van der Waals surface area contributed by atoms with Gasteiger partial charge in [-0.1, -0.05) is 0 Å². The molecule has 0 aliphatic heterocycles. The summed E-state index contributed by atoms with van der Waals surface area (Å²) in [5.41, 5.74) is 1.52. The lowest BCUT2D eigenvalue weighted by Gasteiger charge is -2.05. The number of rotatable bonds is 4. The zero-order valence-corrected chi connectivity index (χ0v) is 13.4. The summed E-state index contributed by atoms with van der Waals surface area (Å²) < 4.78 is 37.5. The van der Waals surface area contributed by atoms with Crippen LogP contribution in [-0.2, 0) is 0 Å². The molecular weight excluding hydrogens is 318 g/mol. The zero-order chi connectivity index (χ0) is 16.4. The van der Waals surface area contributed by atoms with Gasteiger partial charge in [0.25, 0.3) is 0 Å². The number of benzene rings is 2. The summed E-state index contributed by atoms with van der Waals surface area (Å²) in [6, 6.07) is 14.0. The Bertz CT molecular complexity index is 802. The molecule has 0 radical (unpaired) electrons. The van der Waals surface area contributed by atoms with Gasteiger partial charge in [-0.2, -0.15) is 0 Å². The van der Waals surface area contributed by atoms with E-state index in [9.17, 15) is 8.78 Å². The lowest BCUT2D eigenvalue weighted by Crippen LogP contribution is -1.93. The number of halogens is 2. The van der Waals surface area contributed by atoms with Gasteiger partial charge in [-0.25, -0.2) is 8.78 Å². The maximum Gasteiger partial charge on any atom is 0.190 e. The summed E-state index contributed by atoms with van der Waals surface area (Å²) in [5, 5.41) is 0. The average Bonchev–Trinajstić information content (AvgIpc) is 3.04. The predicted octanol–water partition coefficient (Wildman–Crippen LogP) is 5.38. The smallest absolute Gasteiger partial charge is 0.190 e. The van der Waals surface area contributed by atoms with E-state index in [0.717, 1.165) is 21.1 Å². The van der Waals surface area contributed by atoms with Gasteiger partial charge in [0.15, 0.2) is 17.4 Å². The van der Waals surface area contributed by atoms with E-state index in [-0.39, 0.29) is 5.75 Å². The Balaban J connectivity index is 1.95. The molecule has 0 spiro atoms. The molecular formula is C18H14F2O2S. The first kappa shape index (κ1) is 15.5. The first-order valence-corrected chi connectivity index (χ1v) is 7.71. The minimum absolute atomic E-state index is 0.360. The molecule has 0 bridgehead atoms. The Hall–Kier alpha value is -2.40. The molecule has 3 aromatic rings. The molecule has 0 aliphatic carbocycles. The predicted molar refractivity (Wildman–Crippen MR) is 88.2 cm³/mol. The molecule has 0 saturated carbocycles. The highest BCUT2D eigenvalue weighted by atomic mass is 32.1. The lowest BCUT2D eigenvalue weighted by atomic mass is 10.1. The first-order chi connectivity index (χ1) is 11.1. The average molecular weight is 332 g/mol. The fourth-order valence-electron chi connectivity index (χ4n) is 2.30. The summed E-state index contributed by atoms with van der Waals surface area (Å²) in [6.07, 6.45) is 0. The summed E-state index contributed by atoms with van der Waals surface area (Å²) in [6.45, 7) is 0. The van der Waals surface area contributed by atoms with Crippen molar-refractivity contribution in [3.63, 3.8) is 0 Å². The molecule has 0 fully saturated rings. The van der Waals surface area contributed by atoms with Crippen molar-refractivity contribution in [2.24, 2.45) is 0 Å². The third-order valence-corrected chi connectivity index (χ3v) is 4.65. The highest BCUT2D eigenvalue weighted by molar-refractivity contribution is 7.18. The number of methoxy groups -OCH3 is 2. The second-order valence-electron chi connectivity index (χ2n) is 4.87. The van der Waals surface area contributed by atoms with Crippen LogP contribution in [0.2, 0.25) is 0 Å². The van der Waals surface area contributed by atoms with Crippen LogP contribution in [0.1, 0.15) is 0 Å². The topological polar surface area (TPSA) is 18.5 Å². The molecule has 23 heavy (non-hydrogen) atoms. The third kappa shape index (κ3) is 3.05. The molecule has 3 rings (SSSR count). The monoisotopic (exact) mass is 332 g/mol. The van der Waals surface area contributed by atoms with Gasteiger partial charge in [-0.05, 0) is 59.7 Å². The molecule has 1 aromatic heterocycles. The van der Waals surface area contributed by atoms with E-state index in [2.05, 4.69) is 0 Å². The molecule has 0 saturated heterocycles. The zero-order valence-electron chi connectivity index (χ0n) is 12.6. The molecule has 0 atom stereocenters. The summed E-state index contributed by atoms with van der Waals surface area (Å²) in [7, 11) is 2.86. The van der Waals surface area contributed by atoms with Gasteiger partial charge < -0.3 is 9.47 Å².